The summed E-state index contributed by atoms with van der Waals surface area (Å²) in [5, 5.41) is 2.85. The number of anilines is 1. The van der Waals surface area contributed by atoms with E-state index in [0.717, 1.165) is 42.8 Å². The predicted octanol–water partition coefficient (Wildman–Crippen LogP) is 3.95. The number of benzene rings is 2. The van der Waals surface area contributed by atoms with Gasteiger partial charge in [-0.05, 0) is 69.0 Å². The molecule has 1 heterocycles. The number of ether oxygens (including phenoxy) is 1. The van der Waals surface area contributed by atoms with E-state index in [4.69, 9.17) is 4.74 Å². The molecular weight excluding hydrogens is 340 g/mol. The molecule has 2 aromatic rings. The molecule has 2 aromatic carbocycles. The van der Waals surface area contributed by atoms with Crippen LogP contribution in [-0.2, 0) is 4.79 Å². The van der Waals surface area contributed by atoms with Crippen molar-refractivity contribution in [3.8, 4) is 5.75 Å². The predicted molar refractivity (Wildman–Crippen MR) is 106 cm³/mol. The summed E-state index contributed by atoms with van der Waals surface area (Å²) in [6.45, 7) is 7.30. The van der Waals surface area contributed by atoms with Crippen molar-refractivity contribution in [3.05, 3.63) is 59.2 Å². The highest BCUT2D eigenvalue weighted by atomic mass is 16.5. The number of hydrogen-bond donors (Lipinski definition) is 1. The normalized spacial score (nSPS) is 14.7. The number of para-hydroxylation sites is 1. The van der Waals surface area contributed by atoms with Crippen molar-refractivity contribution in [3.63, 3.8) is 0 Å². The molecule has 3 rings (SSSR count). The minimum absolute atomic E-state index is 0.0529. The molecule has 0 aliphatic carbocycles. The number of rotatable bonds is 5. The Labute approximate surface area is 160 Å². The van der Waals surface area contributed by atoms with Gasteiger partial charge in [0.1, 0.15) is 5.75 Å². The molecule has 1 saturated heterocycles. The first-order valence-corrected chi connectivity index (χ1v) is 9.39. The van der Waals surface area contributed by atoms with Crippen LogP contribution in [0, 0.1) is 13.8 Å². The molecule has 0 bridgehead atoms. The third-order valence-electron chi connectivity index (χ3n) is 4.87. The first-order chi connectivity index (χ1) is 13.0. The van der Waals surface area contributed by atoms with Crippen molar-refractivity contribution in [1.29, 1.82) is 0 Å². The van der Waals surface area contributed by atoms with E-state index in [-0.39, 0.29) is 11.8 Å². The average Bonchev–Trinajstić information content (AvgIpc) is 3.19. The summed E-state index contributed by atoms with van der Waals surface area (Å²) in [5.41, 5.74) is 3.29. The summed E-state index contributed by atoms with van der Waals surface area (Å²) in [6.07, 6.45) is 1.51. The summed E-state index contributed by atoms with van der Waals surface area (Å²) >= 11 is 0. The first-order valence-electron chi connectivity index (χ1n) is 9.39. The van der Waals surface area contributed by atoms with Crippen molar-refractivity contribution in [1.82, 2.24) is 4.90 Å². The van der Waals surface area contributed by atoms with Gasteiger partial charge in [-0.15, -0.1) is 0 Å². The summed E-state index contributed by atoms with van der Waals surface area (Å²) < 4.78 is 5.87. The van der Waals surface area contributed by atoms with E-state index in [9.17, 15) is 9.59 Å². The smallest absolute Gasteiger partial charge is 0.265 e. The fraction of sp³-hybridized carbons (Fsp3) is 0.364. The fourth-order valence-corrected chi connectivity index (χ4v) is 3.26. The summed E-state index contributed by atoms with van der Waals surface area (Å²) in [6, 6.07) is 12.9. The van der Waals surface area contributed by atoms with Crippen LogP contribution in [0.25, 0.3) is 0 Å². The van der Waals surface area contributed by atoms with Gasteiger partial charge < -0.3 is 15.0 Å². The largest absolute Gasteiger partial charge is 0.480 e. The first kappa shape index (κ1) is 19.0. The van der Waals surface area contributed by atoms with Gasteiger partial charge in [0, 0.05) is 24.3 Å². The zero-order valence-electron chi connectivity index (χ0n) is 16.1. The van der Waals surface area contributed by atoms with Crippen LogP contribution >= 0.6 is 0 Å². The van der Waals surface area contributed by atoms with Crippen molar-refractivity contribution in [2.24, 2.45) is 0 Å². The lowest BCUT2D eigenvalue weighted by Crippen LogP contribution is -2.30. The molecule has 0 spiro atoms. The second-order valence-corrected chi connectivity index (χ2v) is 7.05. The zero-order chi connectivity index (χ0) is 19.4. The minimum Gasteiger partial charge on any atom is -0.480 e. The van der Waals surface area contributed by atoms with Crippen LogP contribution < -0.4 is 10.1 Å². The second kappa shape index (κ2) is 8.25. The monoisotopic (exact) mass is 366 g/mol. The van der Waals surface area contributed by atoms with Crippen LogP contribution in [-0.4, -0.2) is 35.9 Å². The molecule has 1 aliphatic rings. The van der Waals surface area contributed by atoms with Gasteiger partial charge in [-0.25, -0.2) is 0 Å². The van der Waals surface area contributed by atoms with E-state index in [0.29, 0.717) is 11.3 Å². The topological polar surface area (TPSA) is 58.6 Å². The van der Waals surface area contributed by atoms with Crippen LogP contribution in [0.5, 0.6) is 5.75 Å². The Balaban J connectivity index is 1.61. The molecule has 5 nitrogen and oxygen atoms in total. The average molecular weight is 366 g/mol. The molecule has 1 fully saturated rings. The summed E-state index contributed by atoms with van der Waals surface area (Å²) in [7, 11) is 0. The quantitative estimate of drug-likeness (QED) is 0.872. The Morgan fingerprint density at radius 1 is 1.00 bits per heavy atom. The maximum absolute atomic E-state index is 12.5. The Bertz CT molecular complexity index is 804. The lowest BCUT2D eigenvalue weighted by molar-refractivity contribution is -0.122. The molecule has 0 radical (unpaired) electrons. The lowest BCUT2D eigenvalue weighted by Gasteiger charge is -2.18. The van der Waals surface area contributed by atoms with Crippen LogP contribution in [0.4, 0.5) is 5.69 Å². The maximum Gasteiger partial charge on any atom is 0.265 e. The molecule has 142 valence electrons. The third-order valence-corrected chi connectivity index (χ3v) is 4.87. The Morgan fingerprint density at radius 2 is 1.59 bits per heavy atom. The fourth-order valence-electron chi connectivity index (χ4n) is 3.26. The number of hydrogen-bond acceptors (Lipinski definition) is 3. The number of nitrogens with one attached hydrogen (secondary N) is 1. The van der Waals surface area contributed by atoms with E-state index in [1.165, 1.54) is 0 Å². The number of nitrogens with zero attached hydrogens (tertiary/aromatic N) is 1. The maximum atomic E-state index is 12.5. The van der Waals surface area contributed by atoms with Crippen LogP contribution in [0.2, 0.25) is 0 Å². The van der Waals surface area contributed by atoms with Gasteiger partial charge in [0.15, 0.2) is 6.10 Å². The van der Waals surface area contributed by atoms with Crippen LogP contribution in [0.1, 0.15) is 41.3 Å². The van der Waals surface area contributed by atoms with Gasteiger partial charge in [-0.2, -0.15) is 0 Å². The SMILES string of the molecule is Cc1cccc(C)c1OC(C)C(=O)Nc1ccc(C(=O)N2CCCC2)cc1. The minimum atomic E-state index is -0.629. The number of aryl methyl sites for hydroxylation is 2. The molecule has 0 saturated carbocycles. The molecular formula is C22H26N2O3. The Hall–Kier alpha value is -2.82. The lowest BCUT2D eigenvalue weighted by atomic mass is 10.1. The number of amides is 2. The molecule has 2 amide bonds. The van der Waals surface area contributed by atoms with E-state index < -0.39 is 6.10 Å². The highest BCUT2D eigenvalue weighted by molar-refractivity contribution is 5.97. The third kappa shape index (κ3) is 4.48. The summed E-state index contributed by atoms with van der Waals surface area (Å²) in [5.74, 6) is 0.570. The number of carbonyl (C=O) groups excluding carboxylic acids is 2. The van der Waals surface area contributed by atoms with E-state index >= 15 is 0 Å². The Morgan fingerprint density at radius 3 is 2.19 bits per heavy atom. The summed E-state index contributed by atoms with van der Waals surface area (Å²) in [4.78, 5) is 26.7. The second-order valence-electron chi connectivity index (χ2n) is 7.05. The Kier molecular flexibility index (Phi) is 5.79. The van der Waals surface area contributed by atoms with Gasteiger partial charge >= 0.3 is 0 Å². The number of carbonyl (C=O) groups is 2. The van der Waals surface area contributed by atoms with E-state index in [1.54, 1.807) is 31.2 Å². The molecule has 27 heavy (non-hydrogen) atoms. The van der Waals surface area contributed by atoms with Gasteiger partial charge in [0.25, 0.3) is 11.8 Å². The molecule has 1 atom stereocenters. The molecule has 1 aliphatic heterocycles. The van der Waals surface area contributed by atoms with Crippen LogP contribution in [0.15, 0.2) is 42.5 Å². The zero-order valence-corrected chi connectivity index (χ0v) is 16.1. The molecule has 0 aromatic heterocycles. The van der Waals surface area contributed by atoms with Gasteiger partial charge in [0.2, 0.25) is 0 Å². The van der Waals surface area contributed by atoms with Crippen molar-refractivity contribution >= 4 is 17.5 Å². The van der Waals surface area contributed by atoms with E-state index in [2.05, 4.69) is 5.32 Å². The van der Waals surface area contributed by atoms with Crippen molar-refractivity contribution in [2.45, 2.75) is 39.7 Å². The highest BCUT2D eigenvalue weighted by Crippen LogP contribution is 2.24. The molecule has 1 N–H and O–H groups in total. The molecule has 5 heteroatoms. The highest BCUT2D eigenvalue weighted by Gasteiger charge is 2.20. The number of likely N-dealkylation sites (tertiary alicyclic amines) is 1. The van der Waals surface area contributed by atoms with Crippen molar-refractivity contribution in [2.75, 3.05) is 18.4 Å². The van der Waals surface area contributed by atoms with Crippen molar-refractivity contribution < 1.29 is 14.3 Å². The van der Waals surface area contributed by atoms with E-state index in [1.807, 2.05) is 36.9 Å². The van der Waals surface area contributed by atoms with Crippen LogP contribution in [0.3, 0.4) is 0 Å². The van der Waals surface area contributed by atoms with Gasteiger partial charge in [-0.1, -0.05) is 18.2 Å². The standard InChI is InChI=1S/C22H26N2O3/c1-15-7-6-8-16(2)20(15)27-17(3)21(25)23-19-11-9-18(10-12-19)22(26)24-13-4-5-14-24/h6-12,17H,4-5,13-14H2,1-3H3,(H,23,25). The molecule has 1 unspecified atom stereocenters. The van der Waals surface area contributed by atoms with Gasteiger partial charge in [-0.3, -0.25) is 9.59 Å². The van der Waals surface area contributed by atoms with Gasteiger partial charge in [0.05, 0.1) is 0 Å².